The highest BCUT2D eigenvalue weighted by molar-refractivity contribution is 5.99. The number of halogens is 1. The molecular weight excluding hydrogens is 489 g/mol. The van der Waals surface area contributed by atoms with E-state index in [1.807, 2.05) is 30.3 Å². The van der Waals surface area contributed by atoms with Crippen molar-refractivity contribution in [1.29, 1.82) is 0 Å². The third-order valence-corrected chi connectivity index (χ3v) is 5.59. The zero-order valence-corrected chi connectivity index (χ0v) is 20.7. The minimum Gasteiger partial charge on any atom is -0.459 e. The number of hydrogen-bond acceptors (Lipinski definition) is 5. The number of rotatable bonds is 10. The van der Waals surface area contributed by atoms with Crippen LogP contribution in [0.5, 0.6) is 11.5 Å². The molecule has 4 aromatic rings. The molecular formula is C29H26FN3O5. The molecule has 0 bridgehead atoms. The highest BCUT2D eigenvalue weighted by atomic mass is 19.1. The smallest absolute Gasteiger partial charge is 0.290 e. The number of carbonyl (C=O) groups excluding carboxylic acids is 3. The van der Waals surface area contributed by atoms with Gasteiger partial charge in [-0.1, -0.05) is 36.4 Å². The SMILES string of the molecule is CN(Cc1ccccc1F)C(=O)CN(CC(=O)Nc1ccc(Oc2ccccc2)cc1)C(=O)c1ccco1. The van der Waals surface area contributed by atoms with Gasteiger partial charge < -0.3 is 24.3 Å². The predicted octanol–water partition coefficient (Wildman–Crippen LogP) is 4.95. The zero-order chi connectivity index (χ0) is 26.9. The highest BCUT2D eigenvalue weighted by Gasteiger charge is 2.25. The molecule has 194 valence electrons. The van der Waals surface area contributed by atoms with Gasteiger partial charge in [-0.05, 0) is 54.6 Å². The average molecular weight is 516 g/mol. The van der Waals surface area contributed by atoms with Crippen molar-refractivity contribution < 1.29 is 27.9 Å². The Morgan fingerprint density at radius 3 is 2.21 bits per heavy atom. The summed E-state index contributed by atoms with van der Waals surface area (Å²) in [4.78, 5) is 41.1. The number of benzene rings is 3. The summed E-state index contributed by atoms with van der Waals surface area (Å²) < 4.78 is 25.0. The van der Waals surface area contributed by atoms with Crippen LogP contribution in [0.3, 0.4) is 0 Å². The first-order valence-electron chi connectivity index (χ1n) is 11.8. The maximum Gasteiger partial charge on any atom is 0.290 e. The lowest BCUT2D eigenvalue weighted by Gasteiger charge is -2.24. The van der Waals surface area contributed by atoms with E-state index in [-0.39, 0.29) is 12.3 Å². The highest BCUT2D eigenvalue weighted by Crippen LogP contribution is 2.22. The van der Waals surface area contributed by atoms with Gasteiger partial charge in [-0.2, -0.15) is 0 Å². The Bertz CT molecular complexity index is 1380. The Kier molecular flexibility index (Phi) is 8.50. The van der Waals surface area contributed by atoms with Gasteiger partial charge in [-0.3, -0.25) is 14.4 Å². The number of amides is 3. The Morgan fingerprint density at radius 1 is 0.842 bits per heavy atom. The average Bonchev–Trinajstić information content (AvgIpc) is 3.46. The second kappa shape index (κ2) is 12.4. The topological polar surface area (TPSA) is 92.1 Å². The van der Waals surface area contributed by atoms with Crippen molar-refractivity contribution in [3.8, 4) is 11.5 Å². The Balaban J connectivity index is 1.40. The van der Waals surface area contributed by atoms with Crippen molar-refractivity contribution in [2.75, 3.05) is 25.5 Å². The molecule has 1 N–H and O–H groups in total. The van der Waals surface area contributed by atoms with Gasteiger partial charge in [0, 0.05) is 24.8 Å². The lowest BCUT2D eigenvalue weighted by molar-refractivity contribution is -0.131. The zero-order valence-electron chi connectivity index (χ0n) is 20.7. The van der Waals surface area contributed by atoms with Gasteiger partial charge >= 0.3 is 0 Å². The first-order chi connectivity index (χ1) is 18.4. The summed E-state index contributed by atoms with van der Waals surface area (Å²) in [7, 11) is 1.50. The maximum atomic E-state index is 14.0. The van der Waals surface area contributed by atoms with Crippen molar-refractivity contribution in [2.45, 2.75) is 6.54 Å². The van der Waals surface area contributed by atoms with E-state index in [9.17, 15) is 18.8 Å². The number of hydrogen-bond donors (Lipinski definition) is 1. The molecule has 0 saturated carbocycles. The predicted molar refractivity (Wildman–Crippen MR) is 139 cm³/mol. The normalized spacial score (nSPS) is 10.5. The fraction of sp³-hybridized carbons (Fsp3) is 0.138. The van der Waals surface area contributed by atoms with Crippen molar-refractivity contribution >= 4 is 23.4 Å². The van der Waals surface area contributed by atoms with E-state index in [1.165, 1.54) is 36.4 Å². The monoisotopic (exact) mass is 515 g/mol. The van der Waals surface area contributed by atoms with Crippen LogP contribution in [-0.2, 0) is 16.1 Å². The van der Waals surface area contributed by atoms with Gasteiger partial charge in [0.1, 0.15) is 30.4 Å². The molecule has 0 aliphatic heterocycles. The van der Waals surface area contributed by atoms with Gasteiger partial charge in [0.15, 0.2) is 5.76 Å². The molecule has 4 rings (SSSR count). The molecule has 3 aromatic carbocycles. The minimum absolute atomic E-state index is 0.00947. The Morgan fingerprint density at radius 2 is 1.53 bits per heavy atom. The van der Waals surface area contributed by atoms with Gasteiger partial charge in [0.2, 0.25) is 11.8 Å². The summed E-state index contributed by atoms with van der Waals surface area (Å²) in [6.07, 6.45) is 1.33. The third kappa shape index (κ3) is 7.07. The number of para-hydroxylation sites is 1. The number of nitrogens with zero attached hydrogens (tertiary/aromatic N) is 2. The maximum absolute atomic E-state index is 14.0. The van der Waals surface area contributed by atoms with Gasteiger partial charge in [-0.25, -0.2) is 4.39 Å². The summed E-state index contributed by atoms with van der Waals surface area (Å²) in [6.45, 7) is -0.791. The van der Waals surface area contributed by atoms with Gasteiger partial charge in [0.05, 0.1) is 6.26 Å². The van der Waals surface area contributed by atoms with E-state index >= 15 is 0 Å². The van der Waals surface area contributed by atoms with Crippen LogP contribution >= 0.6 is 0 Å². The van der Waals surface area contributed by atoms with Crippen LogP contribution in [0.25, 0.3) is 0 Å². The van der Waals surface area contributed by atoms with Crippen molar-refractivity contribution in [2.24, 2.45) is 0 Å². The third-order valence-electron chi connectivity index (χ3n) is 5.59. The van der Waals surface area contributed by atoms with E-state index in [0.29, 0.717) is 22.7 Å². The summed E-state index contributed by atoms with van der Waals surface area (Å²) in [6, 6.07) is 25.1. The van der Waals surface area contributed by atoms with E-state index in [2.05, 4.69) is 5.32 Å². The summed E-state index contributed by atoms with van der Waals surface area (Å²) in [5.74, 6) is -0.771. The Hall–Kier alpha value is -4.92. The van der Waals surface area contributed by atoms with Crippen LogP contribution in [0.1, 0.15) is 16.1 Å². The van der Waals surface area contributed by atoms with Crippen LogP contribution < -0.4 is 10.1 Å². The Labute approximate surface area is 219 Å². The van der Waals surface area contributed by atoms with Crippen molar-refractivity contribution in [3.63, 3.8) is 0 Å². The van der Waals surface area contributed by atoms with E-state index in [1.54, 1.807) is 42.5 Å². The lowest BCUT2D eigenvalue weighted by Crippen LogP contribution is -2.44. The van der Waals surface area contributed by atoms with Gasteiger partial charge in [0.25, 0.3) is 5.91 Å². The lowest BCUT2D eigenvalue weighted by atomic mass is 10.2. The van der Waals surface area contributed by atoms with Gasteiger partial charge in [-0.15, -0.1) is 0 Å². The van der Waals surface area contributed by atoms with E-state index < -0.39 is 36.6 Å². The number of nitrogens with one attached hydrogen (secondary N) is 1. The summed E-state index contributed by atoms with van der Waals surface area (Å²) in [5.41, 5.74) is 0.827. The molecule has 0 aliphatic rings. The number of furan rings is 1. The molecule has 8 nitrogen and oxygen atoms in total. The number of carbonyl (C=O) groups is 3. The minimum atomic E-state index is -0.621. The second-order valence-corrected chi connectivity index (χ2v) is 8.47. The molecule has 0 saturated heterocycles. The molecule has 38 heavy (non-hydrogen) atoms. The molecule has 0 aliphatic carbocycles. The molecule has 0 fully saturated rings. The van der Waals surface area contributed by atoms with Crippen LogP contribution in [0, 0.1) is 5.82 Å². The summed E-state index contributed by atoms with van der Waals surface area (Å²) in [5, 5.41) is 2.72. The number of ether oxygens (including phenoxy) is 1. The van der Waals surface area contributed by atoms with E-state index in [0.717, 1.165) is 4.90 Å². The van der Waals surface area contributed by atoms with Crippen LogP contribution in [0.2, 0.25) is 0 Å². The van der Waals surface area contributed by atoms with Crippen LogP contribution in [0.15, 0.2) is 102 Å². The quantitative estimate of drug-likeness (QED) is 0.323. The molecule has 0 spiro atoms. The van der Waals surface area contributed by atoms with Crippen LogP contribution in [0.4, 0.5) is 10.1 Å². The molecule has 1 heterocycles. The molecule has 0 atom stereocenters. The standard InChI is InChI=1S/C29H26FN3O5/c1-32(18-21-8-5-6-11-25(21)30)28(35)20-33(29(36)26-12-7-17-37-26)19-27(34)31-22-13-15-24(16-14-22)38-23-9-3-2-4-10-23/h2-17H,18-20H2,1H3,(H,31,34). The van der Waals surface area contributed by atoms with Crippen LogP contribution in [-0.4, -0.2) is 47.7 Å². The molecule has 9 heteroatoms. The first-order valence-corrected chi connectivity index (χ1v) is 11.8. The molecule has 0 unspecified atom stereocenters. The van der Waals surface area contributed by atoms with Crippen molar-refractivity contribution in [3.05, 3.63) is 114 Å². The molecule has 3 amide bonds. The molecule has 1 aromatic heterocycles. The first kappa shape index (κ1) is 26.2. The number of anilines is 1. The van der Waals surface area contributed by atoms with Crippen molar-refractivity contribution in [1.82, 2.24) is 9.80 Å². The molecule has 0 radical (unpaired) electrons. The fourth-order valence-corrected chi connectivity index (χ4v) is 3.61. The van der Waals surface area contributed by atoms with E-state index in [4.69, 9.17) is 9.15 Å². The summed E-state index contributed by atoms with van der Waals surface area (Å²) >= 11 is 0. The largest absolute Gasteiger partial charge is 0.459 e. The second-order valence-electron chi connectivity index (χ2n) is 8.47. The fourth-order valence-electron chi connectivity index (χ4n) is 3.61. The number of likely N-dealkylation sites (N-methyl/N-ethyl adjacent to an activating group) is 1.